The highest BCUT2D eigenvalue weighted by Gasteiger charge is 2.09. The van der Waals surface area contributed by atoms with E-state index in [1.807, 2.05) is 36.4 Å². The number of anilines is 1. The maximum absolute atomic E-state index is 4.29. The van der Waals surface area contributed by atoms with Crippen LogP contribution in [0.3, 0.4) is 0 Å². The number of rotatable bonds is 6. The Morgan fingerprint density at radius 2 is 1.77 bits per heavy atom. The molecule has 0 aliphatic rings. The molecule has 0 saturated carbocycles. The van der Waals surface area contributed by atoms with Crippen LogP contribution in [0.1, 0.15) is 1.43 Å². The molecule has 2 nitrogen and oxygen atoms in total. The molecule has 0 saturated heterocycles. The highest BCUT2D eigenvalue weighted by atomic mass is 15.0. The standard InChI is InChI=1S/C24H22N2.H2/c1-5-11-19(7-3)25-20-15-16-22-18(4)23(12-6-2)26(24(22)17-20)21-13-9-8-10-14-21;/h5-17,25H,1-4H2;1H/b19-11+,23-12+;. The van der Waals surface area contributed by atoms with Crippen molar-refractivity contribution < 1.29 is 1.43 Å². The van der Waals surface area contributed by atoms with E-state index in [9.17, 15) is 0 Å². The fourth-order valence-corrected chi connectivity index (χ4v) is 3.05. The number of aromatic nitrogens is 1. The second-order valence-electron chi connectivity index (χ2n) is 5.86. The highest BCUT2D eigenvalue weighted by molar-refractivity contribution is 5.86. The van der Waals surface area contributed by atoms with Gasteiger partial charge in [0.2, 0.25) is 0 Å². The van der Waals surface area contributed by atoms with Gasteiger partial charge < -0.3 is 9.88 Å². The molecular formula is C24H24N2. The molecule has 3 aromatic rings. The monoisotopic (exact) mass is 340 g/mol. The molecule has 2 heteroatoms. The van der Waals surface area contributed by atoms with E-state index in [4.69, 9.17) is 0 Å². The van der Waals surface area contributed by atoms with Crippen molar-refractivity contribution in [3.63, 3.8) is 0 Å². The number of nitrogens with zero attached hydrogens (tertiary/aromatic N) is 1. The van der Waals surface area contributed by atoms with E-state index in [1.54, 1.807) is 18.2 Å². The first-order valence-corrected chi connectivity index (χ1v) is 8.43. The number of nitrogens with one attached hydrogen (secondary N) is 1. The molecule has 3 rings (SSSR count). The number of fused-ring (bicyclic) bond motifs is 1. The summed E-state index contributed by atoms with van der Waals surface area (Å²) >= 11 is 0. The normalized spacial score (nSPS) is 12.2. The van der Waals surface area contributed by atoms with Gasteiger partial charge in [-0.05, 0) is 42.5 Å². The molecule has 0 fully saturated rings. The van der Waals surface area contributed by atoms with Gasteiger partial charge in [0, 0.05) is 29.1 Å². The summed E-state index contributed by atoms with van der Waals surface area (Å²) in [5, 5.41) is 6.50. The predicted molar refractivity (Wildman–Crippen MR) is 117 cm³/mol. The van der Waals surface area contributed by atoms with Gasteiger partial charge in [-0.15, -0.1) is 0 Å². The van der Waals surface area contributed by atoms with E-state index in [0.29, 0.717) is 0 Å². The van der Waals surface area contributed by atoms with Crippen molar-refractivity contribution in [3.05, 3.63) is 109 Å². The zero-order valence-corrected chi connectivity index (χ0v) is 14.8. The first-order valence-electron chi connectivity index (χ1n) is 8.43. The lowest BCUT2D eigenvalue weighted by atomic mass is 10.2. The number of hydrogen-bond acceptors (Lipinski definition) is 1. The molecule has 26 heavy (non-hydrogen) atoms. The van der Waals surface area contributed by atoms with Crippen molar-refractivity contribution in [1.82, 2.24) is 4.57 Å². The third-order valence-corrected chi connectivity index (χ3v) is 4.21. The largest absolute Gasteiger partial charge is 0.355 e. The van der Waals surface area contributed by atoms with Crippen molar-refractivity contribution in [2.75, 3.05) is 5.32 Å². The fourth-order valence-electron chi connectivity index (χ4n) is 3.05. The highest BCUT2D eigenvalue weighted by Crippen LogP contribution is 2.20. The van der Waals surface area contributed by atoms with Gasteiger partial charge in [0.25, 0.3) is 0 Å². The molecule has 0 radical (unpaired) electrons. The predicted octanol–water partition coefficient (Wildman–Crippen LogP) is 4.92. The summed E-state index contributed by atoms with van der Waals surface area (Å²) < 4.78 is 2.20. The van der Waals surface area contributed by atoms with Gasteiger partial charge in [-0.1, -0.05) is 62.7 Å². The van der Waals surface area contributed by atoms with Crippen molar-refractivity contribution in [2.45, 2.75) is 0 Å². The molecule has 0 unspecified atom stereocenters. The van der Waals surface area contributed by atoms with E-state index >= 15 is 0 Å². The Morgan fingerprint density at radius 3 is 2.42 bits per heavy atom. The molecule has 0 aliphatic carbocycles. The van der Waals surface area contributed by atoms with E-state index in [0.717, 1.165) is 38.5 Å². The van der Waals surface area contributed by atoms with Gasteiger partial charge >= 0.3 is 0 Å². The van der Waals surface area contributed by atoms with Crippen LogP contribution in [0.25, 0.3) is 29.2 Å². The van der Waals surface area contributed by atoms with E-state index < -0.39 is 0 Å². The summed E-state index contributed by atoms with van der Waals surface area (Å²) in [5.74, 6) is 0. The molecule has 0 aliphatic heterocycles. The molecular weight excluding hydrogens is 316 g/mol. The number of hydrogen-bond donors (Lipinski definition) is 1. The lowest BCUT2D eigenvalue weighted by molar-refractivity contribution is 1.07. The first kappa shape index (κ1) is 17.3. The van der Waals surface area contributed by atoms with Gasteiger partial charge in [0.1, 0.15) is 0 Å². The summed E-state index contributed by atoms with van der Waals surface area (Å²) in [7, 11) is 0. The zero-order valence-electron chi connectivity index (χ0n) is 14.8. The van der Waals surface area contributed by atoms with E-state index in [2.05, 4.69) is 60.5 Å². The van der Waals surface area contributed by atoms with Crippen molar-refractivity contribution in [3.8, 4) is 5.69 Å². The summed E-state index contributed by atoms with van der Waals surface area (Å²) in [6.45, 7) is 15.7. The van der Waals surface area contributed by atoms with Crippen molar-refractivity contribution >= 4 is 29.2 Å². The summed E-state index contributed by atoms with van der Waals surface area (Å²) in [5.41, 5.74) is 4.04. The minimum atomic E-state index is 0. The van der Waals surface area contributed by atoms with Crippen LogP contribution in [0.4, 0.5) is 5.69 Å². The molecule has 0 spiro atoms. The molecule has 0 amide bonds. The fraction of sp³-hybridized carbons (Fsp3) is 0. The third kappa shape index (κ3) is 3.17. The van der Waals surface area contributed by atoms with Crippen LogP contribution in [-0.2, 0) is 0 Å². The van der Waals surface area contributed by atoms with Gasteiger partial charge in [-0.25, -0.2) is 0 Å². The third-order valence-electron chi connectivity index (χ3n) is 4.21. The number of benzene rings is 2. The minimum absolute atomic E-state index is 0. The quantitative estimate of drug-likeness (QED) is 0.630. The van der Waals surface area contributed by atoms with Crippen molar-refractivity contribution in [1.29, 1.82) is 0 Å². The van der Waals surface area contributed by atoms with Gasteiger partial charge in [-0.3, -0.25) is 0 Å². The Morgan fingerprint density at radius 1 is 1.00 bits per heavy atom. The smallest absolute Gasteiger partial charge is 0.0561 e. The molecule has 2 aromatic carbocycles. The Bertz CT molecular complexity index is 1120. The minimum Gasteiger partial charge on any atom is -0.355 e. The second kappa shape index (κ2) is 7.58. The lowest BCUT2D eigenvalue weighted by Gasteiger charge is -2.10. The molecule has 1 heterocycles. The van der Waals surface area contributed by atoms with Gasteiger partial charge in [-0.2, -0.15) is 0 Å². The average Bonchev–Trinajstić information content (AvgIpc) is 2.94. The molecule has 1 aromatic heterocycles. The maximum atomic E-state index is 4.29. The van der Waals surface area contributed by atoms with Crippen LogP contribution >= 0.6 is 0 Å². The maximum Gasteiger partial charge on any atom is 0.0561 e. The van der Waals surface area contributed by atoms with Crippen LogP contribution in [0.2, 0.25) is 0 Å². The summed E-state index contributed by atoms with van der Waals surface area (Å²) in [6.07, 6.45) is 9.18. The lowest BCUT2D eigenvalue weighted by Crippen LogP contribution is -2.26. The Kier molecular flexibility index (Phi) is 5.04. The number of allylic oxidation sites excluding steroid dienone is 4. The van der Waals surface area contributed by atoms with Crippen LogP contribution in [0.15, 0.2) is 98.3 Å². The molecule has 0 atom stereocenters. The van der Waals surface area contributed by atoms with E-state index in [-0.39, 0.29) is 1.43 Å². The van der Waals surface area contributed by atoms with Crippen LogP contribution in [-0.4, -0.2) is 4.57 Å². The van der Waals surface area contributed by atoms with Gasteiger partial charge in [0.05, 0.1) is 10.9 Å². The zero-order chi connectivity index (χ0) is 18.5. The molecule has 1 N–H and O–H groups in total. The summed E-state index contributed by atoms with van der Waals surface area (Å²) in [6, 6.07) is 16.5. The second-order valence-corrected chi connectivity index (χ2v) is 5.86. The average molecular weight is 340 g/mol. The molecule has 0 bridgehead atoms. The van der Waals surface area contributed by atoms with Crippen LogP contribution in [0, 0.1) is 0 Å². The van der Waals surface area contributed by atoms with Gasteiger partial charge in [0.15, 0.2) is 0 Å². The Labute approximate surface area is 155 Å². The molecule has 130 valence electrons. The number of para-hydroxylation sites is 1. The van der Waals surface area contributed by atoms with Crippen LogP contribution in [0.5, 0.6) is 0 Å². The Balaban J connectivity index is 0.00000261. The van der Waals surface area contributed by atoms with Crippen LogP contribution < -0.4 is 15.9 Å². The Hall–Kier alpha value is -3.52. The SMILES string of the molecule is C=C/C=C(\C=C)Nc1ccc2c(=C)/c(=C\C=C)n(-c3ccccc3)c2c1.[HH]. The summed E-state index contributed by atoms with van der Waals surface area (Å²) in [4.78, 5) is 0. The topological polar surface area (TPSA) is 17.0 Å². The van der Waals surface area contributed by atoms with Crippen molar-refractivity contribution in [2.24, 2.45) is 0 Å². The first-order chi connectivity index (χ1) is 12.7. The van der Waals surface area contributed by atoms with E-state index in [1.165, 1.54) is 0 Å².